The number of amides is 1. The monoisotopic (exact) mass is 250 g/mol. The van der Waals surface area contributed by atoms with E-state index >= 15 is 0 Å². The first-order valence-corrected chi connectivity index (χ1v) is 6.29. The van der Waals surface area contributed by atoms with Crippen molar-refractivity contribution in [2.75, 3.05) is 11.9 Å². The Morgan fingerprint density at radius 3 is 2.44 bits per heavy atom. The van der Waals surface area contributed by atoms with Crippen molar-refractivity contribution < 1.29 is 9.90 Å². The second kappa shape index (κ2) is 7.13. The highest BCUT2D eigenvalue weighted by Gasteiger charge is 2.14. The van der Waals surface area contributed by atoms with Crippen molar-refractivity contribution in [3.8, 4) is 0 Å². The molecule has 1 atom stereocenters. The molecule has 1 aromatic rings. The van der Waals surface area contributed by atoms with Crippen LogP contribution >= 0.6 is 0 Å². The summed E-state index contributed by atoms with van der Waals surface area (Å²) in [6.45, 7) is 4.21. The molecular weight excluding hydrogens is 228 g/mol. The van der Waals surface area contributed by atoms with Crippen molar-refractivity contribution in [3.05, 3.63) is 29.8 Å². The molecule has 4 N–H and O–H groups in total. The smallest absolute Gasteiger partial charge is 0.241 e. The second-order valence-corrected chi connectivity index (χ2v) is 4.90. The molecule has 4 heteroatoms. The molecule has 18 heavy (non-hydrogen) atoms. The normalized spacial score (nSPS) is 12.5. The van der Waals surface area contributed by atoms with Crippen LogP contribution < -0.4 is 11.1 Å². The van der Waals surface area contributed by atoms with Crippen LogP contribution in [0.15, 0.2) is 24.3 Å². The van der Waals surface area contributed by atoms with Gasteiger partial charge in [0, 0.05) is 12.3 Å². The minimum atomic E-state index is -0.470. The van der Waals surface area contributed by atoms with Crippen molar-refractivity contribution >= 4 is 11.6 Å². The Hall–Kier alpha value is -1.39. The van der Waals surface area contributed by atoms with Gasteiger partial charge in [0.2, 0.25) is 5.91 Å². The van der Waals surface area contributed by atoms with E-state index in [1.54, 1.807) is 0 Å². The molecule has 0 spiro atoms. The highest BCUT2D eigenvalue weighted by atomic mass is 16.2. The number of rotatable bonds is 6. The molecule has 0 aliphatic carbocycles. The molecule has 1 aromatic carbocycles. The van der Waals surface area contributed by atoms with Crippen molar-refractivity contribution in [2.45, 2.75) is 32.7 Å². The lowest BCUT2D eigenvalue weighted by Crippen LogP contribution is -2.36. The molecule has 4 nitrogen and oxygen atoms in total. The molecule has 1 amide bonds. The standard InChI is InChI=1S/C14H22N2O2/c1-10(2)9-13(15)14(18)16-12-5-3-11(4-6-12)7-8-17/h3-6,10,13,17H,7-9,15H2,1-2H3,(H,16,18). The predicted octanol–water partition coefficient (Wildman–Crippen LogP) is 1.53. The van der Waals surface area contributed by atoms with Crippen LogP contribution in [0.2, 0.25) is 0 Å². The van der Waals surface area contributed by atoms with Gasteiger partial charge in [0.05, 0.1) is 6.04 Å². The Bertz CT molecular complexity index is 374. The Kier molecular flexibility index (Phi) is 5.82. The summed E-state index contributed by atoms with van der Waals surface area (Å²) in [4.78, 5) is 11.8. The molecular formula is C14H22N2O2. The minimum Gasteiger partial charge on any atom is -0.396 e. The first-order valence-electron chi connectivity index (χ1n) is 6.29. The molecule has 0 aliphatic heterocycles. The van der Waals surface area contributed by atoms with E-state index in [1.807, 2.05) is 38.1 Å². The first kappa shape index (κ1) is 14.7. The van der Waals surface area contributed by atoms with Crippen LogP contribution in [0, 0.1) is 5.92 Å². The zero-order chi connectivity index (χ0) is 13.5. The molecule has 0 radical (unpaired) electrons. The fourth-order valence-electron chi connectivity index (χ4n) is 1.73. The number of nitrogens with two attached hydrogens (primary N) is 1. The molecule has 0 fully saturated rings. The van der Waals surface area contributed by atoms with Gasteiger partial charge in [-0.3, -0.25) is 4.79 Å². The summed E-state index contributed by atoms with van der Waals surface area (Å²) in [5.41, 5.74) is 7.58. The van der Waals surface area contributed by atoms with E-state index < -0.39 is 6.04 Å². The zero-order valence-electron chi connectivity index (χ0n) is 11.0. The van der Waals surface area contributed by atoms with Gasteiger partial charge in [0.1, 0.15) is 0 Å². The van der Waals surface area contributed by atoms with Gasteiger partial charge >= 0.3 is 0 Å². The van der Waals surface area contributed by atoms with E-state index in [1.165, 1.54) is 0 Å². The molecule has 1 rings (SSSR count). The number of aliphatic hydroxyl groups is 1. The third-order valence-corrected chi connectivity index (χ3v) is 2.68. The summed E-state index contributed by atoms with van der Waals surface area (Å²) in [6.07, 6.45) is 1.30. The fourth-order valence-corrected chi connectivity index (χ4v) is 1.73. The van der Waals surface area contributed by atoms with Gasteiger partial charge in [-0.2, -0.15) is 0 Å². The summed E-state index contributed by atoms with van der Waals surface area (Å²) in [5.74, 6) is 0.247. The van der Waals surface area contributed by atoms with Crippen molar-refractivity contribution in [3.63, 3.8) is 0 Å². The SMILES string of the molecule is CC(C)CC(N)C(=O)Nc1ccc(CCO)cc1. The number of aliphatic hydroxyl groups excluding tert-OH is 1. The van der Waals surface area contributed by atoms with E-state index in [0.717, 1.165) is 11.3 Å². The van der Waals surface area contributed by atoms with Crippen LogP contribution in [-0.4, -0.2) is 23.7 Å². The van der Waals surface area contributed by atoms with Crippen LogP contribution in [-0.2, 0) is 11.2 Å². The average Bonchev–Trinajstić information content (AvgIpc) is 2.31. The van der Waals surface area contributed by atoms with E-state index in [-0.39, 0.29) is 12.5 Å². The molecule has 100 valence electrons. The third kappa shape index (κ3) is 4.85. The number of benzene rings is 1. The number of carbonyl (C=O) groups is 1. The van der Waals surface area contributed by atoms with E-state index in [0.29, 0.717) is 18.8 Å². The minimum absolute atomic E-state index is 0.130. The predicted molar refractivity (Wildman–Crippen MR) is 73.3 cm³/mol. The summed E-state index contributed by atoms with van der Waals surface area (Å²) in [6, 6.07) is 6.96. The number of hydrogen-bond acceptors (Lipinski definition) is 3. The van der Waals surface area contributed by atoms with Crippen molar-refractivity contribution in [1.82, 2.24) is 0 Å². The van der Waals surface area contributed by atoms with Gasteiger partial charge in [-0.05, 0) is 36.5 Å². The summed E-state index contributed by atoms with van der Waals surface area (Å²) >= 11 is 0. The Labute approximate surface area is 108 Å². The molecule has 0 aliphatic rings. The molecule has 0 bridgehead atoms. The van der Waals surface area contributed by atoms with E-state index in [4.69, 9.17) is 10.8 Å². The fraction of sp³-hybridized carbons (Fsp3) is 0.500. The van der Waals surface area contributed by atoms with Crippen LogP contribution in [0.5, 0.6) is 0 Å². The number of carbonyl (C=O) groups excluding carboxylic acids is 1. The Morgan fingerprint density at radius 2 is 1.94 bits per heavy atom. The van der Waals surface area contributed by atoms with Crippen LogP contribution in [0.1, 0.15) is 25.8 Å². The summed E-state index contributed by atoms with van der Waals surface area (Å²) in [7, 11) is 0. The maximum Gasteiger partial charge on any atom is 0.241 e. The van der Waals surface area contributed by atoms with Crippen LogP contribution in [0.4, 0.5) is 5.69 Å². The van der Waals surface area contributed by atoms with Crippen LogP contribution in [0.3, 0.4) is 0 Å². The lowest BCUT2D eigenvalue weighted by Gasteiger charge is -2.14. The quantitative estimate of drug-likeness (QED) is 0.716. The summed E-state index contributed by atoms with van der Waals surface area (Å²) in [5, 5.41) is 11.6. The molecule has 0 heterocycles. The Balaban J connectivity index is 2.53. The topological polar surface area (TPSA) is 75.4 Å². The van der Waals surface area contributed by atoms with E-state index in [9.17, 15) is 4.79 Å². The number of nitrogens with one attached hydrogen (secondary N) is 1. The third-order valence-electron chi connectivity index (χ3n) is 2.68. The number of hydrogen-bond donors (Lipinski definition) is 3. The van der Waals surface area contributed by atoms with Crippen LogP contribution in [0.25, 0.3) is 0 Å². The zero-order valence-corrected chi connectivity index (χ0v) is 11.0. The Morgan fingerprint density at radius 1 is 1.33 bits per heavy atom. The van der Waals surface area contributed by atoms with Gasteiger partial charge in [0.15, 0.2) is 0 Å². The van der Waals surface area contributed by atoms with Gasteiger partial charge in [-0.25, -0.2) is 0 Å². The highest BCUT2D eigenvalue weighted by molar-refractivity contribution is 5.94. The second-order valence-electron chi connectivity index (χ2n) is 4.90. The lowest BCUT2D eigenvalue weighted by atomic mass is 10.0. The molecule has 0 saturated heterocycles. The molecule has 0 aromatic heterocycles. The first-order chi connectivity index (χ1) is 8.52. The maximum absolute atomic E-state index is 11.8. The number of anilines is 1. The van der Waals surface area contributed by atoms with Gasteiger partial charge in [-0.1, -0.05) is 26.0 Å². The largest absolute Gasteiger partial charge is 0.396 e. The van der Waals surface area contributed by atoms with Crippen molar-refractivity contribution in [2.24, 2.45) is 11.7 Å². The van der Waals surface area contributed by atoms with Gasteiger partial charge < -0.3 is 16.2 Å². The van der Waals surface area contributed by atoms with Gasteiger partial charge in [0.25, 0.3) is 0 Å². The maximum atomic E-state index is 11.8. The molecule has 0 saturated carbocycles. The summed E-state index contributed by atoms with van der Waals surface area (Å²) < 4.78 is 0. The molecule has 1 unspecified atom stereocenters. The highest BCUT2D eigenvalue weighted by Crippen LogP contribution is 2.11. The van der Waals surface area contributed by atoms with Crippen molar-refractivity contribution in [1.29, 1.82) is 0 Å². The lowest BCUT2D eigenvalue weighted by molar-refractivity contribution is -0.117. The van der Waals surface area contributed by atoms with Gasteiger partial charge in [-0.15, -0.1) is 0 Å². The average molecular weight is 250 g/mol. The van der Waals surface area contributed by atoms with E-state index in [2.05, 4.69) is 5.32 Å².